The molecule has 23 heavy (non-hydrogen) atoms. The molecule has 1 amide bonds. The molecule has 1 saturated heterocycles. The fourth-order valence-electron chi connectivity index (χ4n) is 2.39. The van der Waals surface area contributed by atoms with Gasteiger partial charge in [0.2, 0.25) is 0 Å². The van der Waals surface area contributed by atoms with Gasteiger partial charge in [0, 0.05) is 12.3 Å². The largest absolute Gasteiger partial charge is 0.491 e. The number of carbonyl (C=O) groups is 1. The summed E-state index contributed by atoms with van der Waals surface area (Å²) in [5, 5.41) is 10.1. The maximum Gasteiger partial charge on any atom is 0.257 e. The van der Waals surface area contributed by atoms with Crippen molar-refractivity contribution in [2.45, 2.75) is 25.4 Å². The lowest BCUT2D eigenvalue weighted by Crippen LogP contribution is -2.25. The average molecular weight is 313 g/mol. The molecule has 1 atom stereocenters. The standard InChI is InChI=1S/C17H19N3O3/c21-17(13-8-9-18-19-11-13)20-14-4-6-15(7-5-14)23-12-16-3-1-2-10-22-16/h4-9,11,16H,1-3,10,12H2,(H,20,21). The summed E-state index contributed by atoms with van der Waals surface area (Å²) in [6.07, 6.45) is 6.48. The Labute approximate surface area is 134 Å². The summed E-state index contributed by atoms with van der Waals surface area (Å²) in [4.78, 5) is 12.0. The molecule has 1 aliphatic heterocycles. The van der Waals surface area contributed by atoms with Crippen LogP contribution in [0.1, 0.15) is 29.6 Å². The topological polar surface area (TPSA) is 73.3 Å². The second-order valence-electron chi connectivity index (χ2n) is 5.41. The number of nitrogens with one attached hydrogen (secondary N) is 1. The summed E-state index contributed by atoms with van der Waals surface area (Å²) < 4.78 is 11.4. The van der Waals surface area contributed by atoms with Gasteiger partial charge in [0.25, 0.3) is 5.91 Å². The smallest absolute Gasteiger partial charge is 0.257 e. The number of amides is 1. The summed E-state index contributed by atoms with van der Waals surface area (Å²) in [5.74, 6) is 0.548. The molecule has 1 unspecified atom stereocenters. The lowest BCUT2D eigenvalue weighted by Gasteiger charge is -2.22. The molecule has 6 heteroatoms. The number of anilines is 1. The van der Waals surface area contributed by atoms with Crippen molar-refractivity contribution >= 4 is 11.6 Å². The van der Waals surface area contributed by atoms with Crippen molar-refractivity contribution in [1.29, 1.82) is 0 Å². The van der Waals surface area contributed by atoms with E-state index in [0.717, 1.165) is 25.2 Å². The van der Waals surface area contributed by atoms with Crippen LogP contribution in [0.4, 0.5) is 5.69 Å². The summed E-state index contributed by atoms with van der Waals surface area (Å²) >= 11 is 0. The summed E-state index contributed by atoms with van der Waals surface area (Å²) in [5.41, 5.74) is 1.17. The number of ether oxygens (including phenoxy) is 2. The molecule has 0 radical (unpaired) electrons. The predicted molar refractivity (Wildman–Crippen MR) is 85.5 cm³/mol. The number of benzene rings is 1. The van der Waals surface area contributed by atoms with E-state index in [9.17, 15) is 4.79 Å². The molecule has 0 saturated carbocycles. The highest BCUT2D eigenvalue weighted by atomic mass is 16.5. The van der Waals surface area contributed by atoms with Gasteiger partial charge in [0.15, 0.2) is 0 Å². The molecule has 1 aromatic carbocycles. The van der Waals surface area contributed by atoms with Gasteiger partial charge in [0.05, 0.1) is 24.1 Å². The van der Waals surface area contributed by atoms with Crippen LogP contribution in [0.2, 0.25) is 0 Å². The zero-order valence-corrected chi connectivity index (χ0v) is 12.8. The number of hydrogen-bond acceptors (Lipinski definition) is 5. The molecule has 2 heterocycles. The average Bonchev–Trinajstić information content (AvgIpc) is 2.63. The number of aromatic nitrogens is 2. The lowest BCUT2D eigenvalue weighted by atomic mass is 10.1. The number of hydrogen-bond donors (Lipinski definition) is 1. The molecular formula is C17H19N3O3. The molecule has 1 aromatic heterocycles. The number of nitrogens with zero attached hydrogens (tertiary/aromatic N) is 2. The summed E-state index contributed by atoms with van der Waals surface area (Å²) in [7, 11) is 0. The van der Waals surface area contributed by atoms with Gasteiger partial charge in [-0.1, -0.05) is 0 Å². The highest BCUT2D eigenvalue weighted by Gasteiger charge is 2.14. The fourth-order valence-corrected chi connectivity index (χ4v) is 2.39. The van der Waals surface area contributed by atoms with Crippen molar-refractivity contribution in [1.82, 2.24) is 10.2 Å². The van der Waals surface area contributed by atoms with Crippen LogP contribution in [-0.2, 0) is 4.74 Å². The van der Waals surface area contributed by atoms with E-state index in [-0.39, 0.29) is 12.0 Å². The van der Waals surface area contributed by atoms with Crippen molar-refractivity contribution in [2.75, 3.05) is 18.5 Å². The van der Waals surface area contributed by atoms with Gasteiger partial charge in [-0.05, 0) is 49.6 Å². The Bertz CT molecular complexity index is 625. The first-order valence-electron chi connectivity index (χ1n) is 7.74. The van der Waals surface area contributed by atoms with Crippen LogP contribution in [-0.4, -0.2) is 35.4 Å². The van der Waals surface area contributed by atoms with E-state index >= 15 is 0 Å². The Hall–Kier alpha value is -2.47. The summed E-state index contributed by atoms with van der Waals surface area (Å²) in [6, 6.07) is 8.91. The van der Waals surface area contributed by atoms with Gasteiger partial charge in [-0.25, -0.2) is 0 Å². The van der Waals surface area contributed by atoms with E-state index in [1.54, 1.807) is 6.07 Å². The van der Waals surface area contributed by atoms with Crippen molar-refractivity contribution in [3.05, 3.63) is 48.3 Å². The highest BCUT2D eigenvalue weighted by Crippen LogP contribution is 2.18. The fraction of sp³-hybridized carbons (Fsp3) is 0.353. The van der Waals surface area contributed by atoms with E-state index in [4.69, 9.17) is 9.47 Å². The first-order chi connectivity index (χ1) is 11.3. The third-order valence-electron chi connectivity index (χ3n) is 3.67. The van der Waals surface area contributed by atoms with Crippen LogP contribution >= 0.6 is 0 Å². The van der Waals surface area contributed by atoms with Crippen LogP contribution in [0, 0.1) is 0 Å². The Kier molecular flexibility index (Phi) is 5.16. The van der Waals surface area contributed by atoms with Gasteiger partial charge in [0.1, 0.15) is 12.4 Å². The molecule has 0 spiro atoms. The predicted octanol–water partition coefficient (Wildman–Crippen LogP) is 2.68. The zero-order valence-electron chi connectivity index (χ0n) is 12.8. The van der Waals surface area contributed by atoms with E-state index in [0.29, 0.717) is 17.9 Å². The van der Waals surface area contributed by atoms with Crippen LogP contribution in [0.25, 0.3) is 0 Å². The minimum absolute atomic E-state index is 0.183. The molecule has 3 rings (SSSR count). The van der Waals surface area contributed by atoms with E-state index in [2.05, 4.69) is 15.5 Å². The summed E-state index contributed by atoms with van der Waals surface area (Å²) in [6.45, 7) is 1.39. The Morgan fingerprint density at radius 3 is 2.78 bits per heavy atom. The van der Waals surface area contributed by atoms with Gasteiger partial charge in [-0.15, -0.1) is 0 Å². The minimum atomic E-state index is -0.218. The number of carbonyl (C=O) groups excluding carboxylic acids is 1. The molecule has 2 aromatic rings. The van der Waals surface area contributed by atoms with Gasteiger partial charge >= 0.3 is 0 Å². The highest BCUT2D eigenvalue weighted by molar-refractivity contribution is 6.03. The SMILES string of the molecule is O=C(Nc1ccc(OCC2CCCCO2)cc1)c1ccnnc1. The maximum absolute atomic E-state index is 12.0. The monoisotopic (exact) mass is 313 g/mol. The van der Waals surface area contributed by atoms with Crippen molar-refractivity contribution < 1.29 is 14.3 Å². The molecule has 120 valence electrons. The van der Waals surface area contributed by atoms with E-state index in [1.807, 2.05) is 24.3 Å². The maximum atomic E-state index is 12.0. The van der Waals surface area contributed by atoms with Crippen LogP contribution in [0.5, 0.6) is 5.75 Å². The molecule has 1 N–H and O–H groups in total. The first-order valence-corrected chi connectivity index (χ1v) is 7.74. The molecule has 0 bridgehead atoms. The molecular weight excluding hydrogens is 294 g/mol. The van der Waals surface area contributed by atoms with Gasteiger partial charge < -0.3 is 14.8 Å². The lowest BCUT2D eigenvalue weighted by molar-refractivity contribution is -0.0110. The Balaban J connectivity index is 1.51. The molecule has 1 aliphatic rings. The normalized spacial score (nSPS) is 17.5. The number of rotatable bonds is 5. The second-order valence-corrected chi connectivity index (χ2v) is 5.41. The Morgan fingerprint density at radius 2 is 2.09 bits per heavy atom. The second kappa shape index (κ2) is 7.69. The minimum Gasteiger partial charge on any atom is -0.491 e. The molecule has 0 aliphatic carbocycles. The van der Waals surface area contributed by atoms with Crippen molar-refractivity contribution in [2.24, 2.45) is 0 Å². The van der Waals surface area contributed by atoms with Crippen molar-refractivity contribution in [3.63, 3.8) is 0 Å². The zero-order chi connectivity index (χ0) is 15.9. The van der Waals surface area contributed by atoms with Crippen LogP contribution < -0.4 is 10.1 Å². The third-order valence-corrected chi connectivity index (χ3v) is 3.67. The Morgan fingerprint density at radius 1 is 1.22 bits per heavy atom. The van der Waals surface area contributed by atoms with Crippen LogP contribution in [0.15, 0.2) is 42.7 Å². The third kappa shape index (κ3) is 4.50. The van der Waals surface area contributed by atoms with Crippen molar-refractivity contribution in [3.8, 4) is 5.75 Å². The van der Waals surface area contributed by atoms with E-state index < -0.39 is 0 Å². The van der Waals surface area contributed by atoms with E-state index in [1.165, 1.54) is 18.8 Å². The molecule has 6 nitrogen and oxygen atoms in total. The quantitative estimate of drug-likeness (QED) is 0.918. The van der Waals surface area contributed by atoms with Crippen LogP contribution in [0.3, 0.4) is 0 Å². The van der Waals surface area contributed by atoms with Gasteiger partial charge in [-0.3, -0.25) is 4.79 Å². The van der Waals surface area contributed by atoms with Gasteiger partial charge in [-0.2, -0.15) is 10.2 Å². The first kappa shape index (κ1) is 15.4. The molecule has 1 fully saturated rings.